The van der Waals surface area contributed by atoms with Crippen LogP contribution in [0.5, 0.6) is 11.5 Å². The number of ether oxygens (including phenoxy) is 2. The Kier molecular flexibility index (Phi) is 6.37. The predicted molar refractivity (Wildman–Crippen MR) is 73.9 cm³/mol. The van der Waals surface area contributed by atoms with Crippen LogP contribution in [0.2, 0.25) is 0 Å². The maximum Gasteiger partial charge on any atom is 0.165 e. The van der Waals surface area contributed by atoms with Gasteiger partial charge < -0.3 is 14.8 Å². The van der Waals surface area contributed by atoms with Crippen LogP contribution < -0.4 is 14.8 Å². The highest BCUT2D eigenvalue weighted by molar-refractivity contribution is 9.10. The van der Waals surface area contributed by atoms with E-state index in [4.69, 9.17) is 9.47 Å². The summed E-state index contributed by atoms with van der Waals surface area (Å²) in [5.41, 5.74) is 1.11. The number of benzene rings is 1. The van der Waals surface area contributed by atoms with Crippen LogP contribution in [-0.2, 0) is 6.54 Å². The van der Waals surface area contributed by atoms with Crippen molar-refractivity contribution in [3.05, 3.63) is 22.2 Å². The van der Waals surface area contributed by atoms with Crippen molar-refractivity contribution in [2.75, 3.05) is 20.8 Å². The SMILES string of the molecule is CCCCNCc1cc(Br)cc(OC)c1OC. The van der Waals surface area contributed by atoms with Crippen molar-refractivity contribution in [1.29, 1.82) is 0 Å². The molecule has 0 aromatic heterocycles. The Morgan fingerprint density at radius 1 is 1.24 bits per heavy atom. The second-order valence-electron chi connectivity index (χ2n) is 3.83. The van der Waals surface area contributed by atoms with E-state index in [1.165, 1.54) is 12.8 Å². The highest BCUT2D eigenvalue weighted by Crippen LogP contribution is 2.34. The van der Waals surface area contributed by atoms with E-state index in [2.05, 4.69) is 34.2 Å². The minimum Gasteiger partial charge on any atom is -0.493 e. The summed E-state index contributed by atoms with van der Waals surface area (Å²) >= 11 is 3.48. The minimum atomic E-state index is 0.758. The number of nitrogens with one attached hydrogen (secondary N) is 1. The second kappa shape index (κ2) is 7.56. The summed E-state index contributed by atoms with van der Waals surface area (Å²) in [5.74, 6) is 1.56. The van der Waals surface area contributed by atoms with Gasteiger partial charge in [0.1, 0.15) is 0 Å². The molecule has 0 saturated carbocycles. The fraction of sp³-hybridized carbons (Fsp3) is 0.538. The first kappa shape index (κ1) is 14.3. The van der Waals surface area contributed by atoms with Crippen molar-refractivity contribution in [1.82, 2.24) is 5.32 Å². The van der Waals surface area contributed by atoms with Gasteiger partial charge in [-0.2, -0.15) is 0 Å². The summed E-state index contributed by atoms with van der Waals surface area (Å²) < 4.78 is 11.7. The van der Waals surface area contributed by atoms with E-state index in [0.717, 1.165) is 34.6 Å². The molecule has 0 aliphatic heterocycles. The number of halogens is 1. The first-order valence-corrected chi connectivity index (χ1v) is 6.63. The first-order valence-electron chi connectivity index (χ1n) is 5.84. The lowest BCUT2D eigenvalue weighted by atomic mass is 10.2. The van der Waals surface area contributed by atoms with Crippen LogP contribution in [0.15, 0.2) is 16.6 Å². The smallest absolute Gasteiger partial charge is 0.165 e. The van der Waals surface area contributed by atoms with Crippen molar-refractivity contribution in [3.8, 4) is 11.5 Å². The van der Waals surface area contributed by atoms with E-state index in [0.29, 0.717) is 0 Å². The van der Waals surface area contributed by atoms with E-state index in [1.807, 2.05) is 6.07 Å². The molecule has 0 saturated heterocycles. The van der Waals surface area contributed by atoms with Crippen LogP contribution in [0.3, 0.4) is 0 Å². The Morgan fingerprint density at radius 3 is 2.59 bits per heavy atom. The number of methoxy groups -OCH3 is 2. The van der Waals surface area contributed by atoms with Gasteiger partial charge in [-0.05, 0) is 25.1 Å². The van der Waals surface area contributed by atoms with Gasteiger partial charge in [-0.3, -0.25) is 0 Å². The van der Waals surface area contributed by atoms with E-state index in [9.17, 15) is 0 Å². The summed E-state index contributed by atoms with van der Waals surface area (Å²) in [6.07, 6.45) is 2.39. The zero-order valence-corrected chi connectivity index (χ0v) is 12.3. The van der Waals surface area contributed by atoms with Gasteiger partial charge in [-0.15, -0.1) is 0 Å². The zero-order valence-electron chi connectivity index (χ0n) is 10.7. The van der Waals surface area contributed by atoms with Gasteiger partial charge in [0.15, 0.2) is 11.5 Å². The lowest BCUT2D eigenvalue weighted by Gasteiger charge is -2.14. The molecule has 3 nitrogen and oxygen atoms in total. The van der Waals surface area contributed by atoms with Crippen LogP contribution in [0.25, 0.3) is 0 Å². The van der Waals surface area contributed by atoms with Gasteiger partial charge in [-0.1, -0.05) is 29.3 Å². The van der Waals surface area contributed by atoms with E-state index < -0.39 is 0 Å². The molecular weight excluding hydrogens is 282 g/mol. The summed E-state index contributed by atoms with van der Waals surface area (Å²) in [4.78, 5) is 0. The third-order valence-corrected chi connectivity index (χ3v) is 3.00. The third-order valence-electron chi connectivity index (χ3n) is 2.54. The second-order valence-corrected chi connectivity index (χ2v) is 4.75. The molecule has 17 heavy (non-hydrogen) atoms. The molecule has 0 atom stereocenters. The van der Waals surface area contributed by atoms with Gasteiger partial charge in [0.25, 0.3) is 0 Å². The van der Waals surface area contributed by atoms with Crippen molar-refractivity contribution in [3.63, 3.8) is 0 Å². The van der Waals surface area contributed by atoms with Crippen LogP contribution in [0, 0.1) is 0 Å². The number of unbranched alkanes of at least 4 members (excludes halogenated alkanes) is 1. The van der Waals surface area contributed by atoms with Crippen LogP contribution in [0.4, 0.5) is 0 Å². The largest absolute Gasteiger partial charge is 0.493 e. The zero-order chi connectivity index (χ0) is 12.7. The Hall–Kier alpha value is -0.740. The Labute approximate surface area is 112 Å². The Morgan fingerprint density at radius 2 is 2.00 bits per heavy atom. The average molecular weight is 302 g/mol. The standard InChI is InChI=1S/C13H20BrNO2/c1-4-5-6-15-9-10-7-11(14)8-12(16-2)13(10)17-3/h7-8,15H,4-6,9H2,1-3H3. The molecule has 1 aromatic rings. The molecular formula is C13H20BrNO2. The van der Waals surface area contributed by atoms with E-state index in [1.54, 1.807) is 14.2 Å². The molecule has 1 rings (SSSR count). The Balaban J connectivity index is 2.78. The first-order chi connectivity index (χ1) is 8.22. The van der Waals surface area contributed by atoms with E-state index in [-0.39, 0.29) is 0 Å². The molecule has 96 valence electrons. The molecule has 0 aliphatic carbocycles. The van der Waals surface area contributed by atoms with Crippen molar-refractivity contribution in [2.24, 2.45) is 0 Å². The highest BCUT2D eigenvalue weighted by atomic mass is 79.9. The highest BCUT2D eigenvalue weighted by Gasteiger charge is 2.11. The fourth-order valence-electron chi connectivity index (χ4n) is 1.66. The number of hydrogen-bond acceptors (Lipinski definition) is 3. The lowest BCUT2D eigenvalue weighted by Crippen LogP contribution is -2.15. The lowest BCUT2D eigenvalue weighted by molar-refractivity contribution is 0.350. The van der Waals surface area contributed by atoms with Gasteiger partial charge in [0.05, 0.1) is 14.2 Å². The van der Waals surface area contributed by atoms with Gasteiger partial charge in [-0.25, -0.2) is 0 Å². The van der Waals surface area contributed by atoms with Crippen molar-refractivity contribution < 1.29 is 9.47 Å². The summed E-state index contributed by atoms with van der Waals surface area (Å²) in [6.45, 7) is 4.00. The molecule has 0 fully saturated rings. The monoisotopic (exact) mass is 301 g/mol. The van der Waals surface area contributed by atoms with Crippen LogP contribution in [0.1, 0.15) is 25.3 Å². The van der Waals surface area contributed by atoms with Gasteiger partial charge >= 0.3 is 0 Å². The number of rotatable bonds is 7. The summed E-state index contributed by atoms with van der Waals surface area (Å²) in [5, 5.41) is 3.40. The van der Waals surface area contributed by atoms with Crippen molar-refractivity contribution in [2.45, 2.75) is 26.3 Å². The van der Waals surface area contributed by atoms with E-state index >= 15 is 0 Å². The maximum absolute atomic E-state index is 5.39. The van der Waals surface area contributed by atoms with Crippen molar-refractivity contribution >= 4 is 15.9 Å². The van der Waals surface area contributed by atoms with Crippen LogP contribution >= 0.6 is 15.9 Å². The van der Waals surface area contributed by atoms with Crippen LogP contribution in [-0.4, -0.2) is 20.8 Å². The molecule has 0 spiro atoms. The minimum absolute atomic E-state index is 0.758. The maximum atomic E-state index is 5.39. The molecule has 0 unspecified atom stereocenters. The average Bonchev–Trinajstić information content (AvgIpc) is 2.33. The normalized spacial score (nSPS) is 10.4. The summed E-state index contributed by atoms with van der Waals surface area (Å²) in [7, 11) is 3.32. The topological polar surface area (TPSA) is 30.5 Å². The molecule has 0 amide bonds. The molecule has 0 aliphatic rings. The van der Waals surface area contributed by atoms with Gasteiger partial charge in [0, 0.05) is 16.6 Å². The van der Waals surface area contributed by atoms with Gasteiger partial charge in [0.2, 0.25) is 0 Å². The molecule has 1 aromatic carbocycles. The molecule has 0 heterocycles. The quantitative estimate of drug-likeness (QED) is 0.784. The molecule has 1 N–H and O–H groups in total. The summed E-state index contributed by atoms with van der Waals surface area (Å²) in [6, 6.07) is 3.97. The fourth-order valence-corrected chi connectivity index (χ4v) is 2.15. The Bertz CT molecular complexity index is 356. The third kappa shape index (κ3) is 4.21. The number of hydrogen-bond donors (Lipinski definition) is 1. The predicted octanol–water partition coefficient (Wildman–Crippen LogP) is 3.36. The molecule has 0 bridgehead atoms. The molecule has 0 radical (unpaired) electrons. The molecule has 4 heteroatoms.